The summed E-state index contributed by atoms with van der Waals surface area (Å²) in [6, 6.07) is 0. The van der Waals surface area contributed by atoms with Gasteiger partial charge < -0.3 is 0 Å². The number of rotatable bonds is 0. The molecule has 0 aliphatic rings. The first-order valence-corrected chi connectivity index (χ1v) is 0. The fraction of sp³-hybridized carbons (Fsp3) is 0. The summed E-state index contributed by atoms with van der Waals surface area (Å²) in [4.78, 5) is 0. The van der Waals surface area contributed by atoms with Gasteiger partial charge in [-0.25, -0.2) is 0 Å². The quantitative estimate of drug-likeness (QED) is 0.235. The molecule has 5 heteroatoms. The molecule has 0 aliphatic heterocycles. The molecule has 35 valence electrons. The number of hydrogen-bond donors (Lipinski definition) is 0. The second-order valence-electron chi connectivity index (χ2n) is 0. The second-order valence-corrected chi connectivity index (χ2v) is 0. The Labute approximate surface area is 139 Å². The zero-order chi connectivity index (χ0) is 0. The van der Waals surface area contributed by atoms with Crippen molar-refractivity contribution in [3.05, 3.63) is 0 Å². The Bertz CT molecular complexity index is 11.6. The summed E-state index contributed by atoms with van der Waals surface area (Å²) in [5.41, 5.74) is 0. The van der Waals surface area contributed by atoms with Gasteiger partial charge >= 0.3 is 121 Å². The molecule has 0 saturated carbocycles. The molecule has 0 aromatic carbocycles. The normalized spacial score (nSPS) is 0. The van der Waals surface area contributed by atoms with Gasteiger partial charge in [-0.2, -0.15) is 0 Å². The van der Waals surface area contributed by atoms with E-state index in [0.29, 0.717) is 0 Å². The van der Waals surface area contributed by atoms with Crippen LogP contribution in [-0.4, -0.2) is 121 Å². The molecule has 0 aromatic heterocycles. The van der Waals surface area contributed by atoms with Crippen molar-refractivity contribution in [3.8, 4) is 0 Å². The number of hydrogen-bond acceptors (Lipinski definition) is 0. The second kappa shape index (κ2) is 23.3. The van der Waals surface area contributed by atoms with Gasteiger partial charge in [-0.3, -0.25) is 0 Å². The van der Waals surface area contributed by atoms with Crippen molar-refractivity contribution in [2.75, 3.05) is 0 Å². The zero-order valence-electron chi connectivity index (χ0n) is 2.42. The molecule has 5 radical (unpaired) electrons. The van der Waals surface area contributed by atoms with Crippen molar-refractivity contribution in [2.24, 2.45) is 0 Å². The van der Waals surface area contributed by atoms with Crippen LogP contribution in [-0.2, 0) is 22.4 Å². The molecule has 0 aliphatic carbocycles. The van der Waals surface area contributed by atoms with Crippen LogP contribution in [0.5, 0.6) is 0 Å². The van der Waals surface area contributed by atoms with Crippen molar-refractivity contribution in [3.63, 3.8) is 0 Å². The molecule has 0 aromatic rings. The zero-order valence-corrected chi connectivity index (χ0v) is 17.5. The fourth-order valence-electron chi connectivity index (χ4n) is 0. The van der Waals surface area contributed by atoms with Crippen molar-refractivity contribution >= 4 is 121 Å². The van der Waals surface area contributed by atoms with Crippen molar-refractivity contribution in [1.29, 1.82) is 0 Å². The van der Waals surface area contributed by atoms with E-state index in [2.05, 4.69) is 0 Å². The topological polar surface area (TPSA) is 0 Å². The van der Waals surface area contributed by atoms with Crippen molar-refractivity contribution in [2.45, 2.75) is 0 Å². The Morgan fingerprint density at radius 3 is 1.00 bits per heavy atom. The monoisotopic (exact) mass is 653 g/mol. The Balaban J connectivity index is 0. The van der Waals surface area contributed by atoms with E-state index in [0.717, 1.165) is 0 Å². The predicted octanol–water partition coefficient (Wildman–Crippen LogP) is -3.94. The molecule has 0 heterocycles. The van der Waals surface area contributed by atoms with E-state index >= 15 is 0 Å². The van der Waals surface area contributed by atoms with Gasteiger partial charge in [0, 0.05) is 22.4 Å². The summed E-state index contributed by atoms with van der Waals surface area (Å²) >= 11 is 0. The predicted molar refractivity (Wildman–Crippen MR) is 35.6 cm³/mol. The Morgan fingerprint density at radius 1 is 1.00 bits per heavy atom. The molecule has 0 N–H and O–H groups in total. The van der Waals surface area contributed by atoms with Gasteiger partial charge in [-0.1, -0.05) is 0 Å². The summed E-state index contributed by atoms with van der Waals surface area (Å²) < 4.78 is 0. The summed E-state index contributed by atoms with van der Waals surface area (Å²) in [5, 5.41) is 0. The van der Waals surface area contributed by atoms with E-state index in [4.69, 9.17) is 0 Å². The van der Waals surface area contributed by atoms with Crippen LogP contribution >= 0.6 is 0 Å². The Morgan fingerprint density at radius 2 is 1.00 bits per heavy atom. The van der Waals surface area contributed by atoms with E-state index in [9.17, 15) is 0 Å². The van der Waals surface area contributed by atoms with E-state index in [1.54, 1.807) is 0 Å². The Hall–Kier alpha value is 4.76. The van der Waals surface area contributed by atoms with Crippen LogP contribution in [0.25, 0.3) is 0 Å². The summed E-state index contributed by atoms with van der Waals surface area (Å²) in [7, 11) is 0. The van der Waals surface area contributed by atoms with Gasteiger partial charge in [-0.15, -0.1) is 0 Å². The molecule has 0 saturated heterocycles. The Kier molecular flexibility index (Phi) is 154. The van der Waals surface area contributed by atoms with E-state index in [1.165, 1.54) is 0 Å². The standard InChI is InChI=1S/Ag.Pb.Sb.Sn.Sr.9H. The minimum absolute atomic E-state index is 0. The first-order chi connectivity index (χ1) is 0. The molecule has 0 rings (SSSR count). The first kappa shape index (κ1) is 33.1. The van der Waals surface area contributed by atoms with Crippen LogP contribution in [0.3, 0.4) is 0 Å². The summed E-state index contributed by atoms with van der Waals surface area (Å²) in [5.74, 6) is 0. The van der Waals surface area contributed by atoms with Gasteiger partial charge in [0.25, 0.3) is 0 Å². The molecule has 0 amide bonds. The van der Waals surface area contributed by atoms with Crippen molar-refractivity contribution in [1.82, 2.24) is 0 Å². The van der Waals surface area contributed by atoms with Crippen LogP contribution in [0.4, 0.5) is 0 Å². The molecule has 0 fully saturated rings. The van der Waals surface area contributed by atoms with Gasteiger partial charge in [0.05, 0.1) is 0 Å². The van der Waals surface area contributed by atoms with Crippen LogP contribution in [0.1, 0.15) is 0 Å². The molecule has 0 atom stereocenters. The molecule has 0 spiro atoms. The van der Waals surface area contributed by atoms with E-state index in [-0.39, 0.29) is 143 Å². The van der Waals surface area contributed by atoms with Crippen LogP contribution in [0.15, 0.2) is 0 Å². The molecule has 0 bridgehead atoms. The van der Waals surface area contributed by atoms with Crippen LogP contribution in [0, 0.1) is 0 Å². The van der Waals surface area contributed by atoms with Gasteiger partial charge in [0.15, 0.2) is 0 Å². The third kappa shape index (κ3) is 17.7. The van der Waals surface area contributed by atoms with E-state index in [1.807, 2.05) is 0 Å². The molecule has 5 heavy (non-hydrogen) atoms. The summed E-state index contributed by atoms with van der Waals surface area (Å²) in [6.07, 6.45) is 0. The molecular weight excluding hydrogens is 643 g/mol. The maximum atomic E-state index is 0. The first-order valence-electron chi connectivity index (χ1n) is 0. The molecule has 0 unspecified atom stereocenters. The van der Waals surface area contributed by atoms with Crippen molar-refractivity contribution < 1.29 is 22.4 Å². The summed E-state index contributed by atoms with van der Waals surface area (Å²) in [6.45, 7) is 0. The third-order valence-corrected chi connectivity index (χ3v) is 0. The van der Waals surface area contributed by atoms with Crippen LogP contribution in [0.2, 0.25) is 0 Å². The fourth-order valence-corrected chi connectivity index (χ4v) is 0. The molecular formula is H9AgPbSbSnSr. The maximum absolute atomic E-state index is 0. The SMILES string of the molecule is [Ag].[PbH2].[SbH3].[SnH2].[SrH2]. The van der Waals surface area contributed by atoms with E-state index < -0.39 is 0 Å². The third-order valence-electron chi connectivity index (χ3n) is 0. The van der Waals surface area contributed by atoms with Gasteiger partial charge in [0.2, 0.25) is 0 Å². The minimum atomic E-state index is 0. The van der Waals surface area contributed by atoms with Crippen LogP contribution < -0.4 is 0 Å². The van der Waals surface area contributed by atoms with Gasteiger partial charge in [0.1, 0.15) is 0 Å². The van der Waals surface area contributed by atoms with Gasteiger partial charge in [-0.05, 0) is 0 Å². The average Bonchev–Trinajstić information content (AvgIpc) is 0. The average molecular weight is 652 g/mol. The molecule has 0 nitrogen and oxygen atoms in total.